The smallest absolute Gasteiger partial charge is 0.266 e. The van der Waals surface area contributed by atoms with E-state index < -0.39 is 12.0 Å². The van der Waals surface area contributed by atoms with E-state index in [0.29, 0.717) is 5.69 Å². The Kier molecular flexibility index (Phi) is 4.47. The maximum absolute atomic E-state index is 13.1. The Balaban J connectivity index is 1.67. The summed E-state index contributed by atoms with van der Waals surface area (Å²) in [5.41, 5.74) is 1.50. The number of rotatable bonds is 5. The monoisotopic (exact) mass is 350 g/mol. The number of hydrogen-bond donors (Lipinski definition) is 0. The highest BCUT2D eigenvalue weighted by Crippen LogP contribution is 2.41. The maximum atomic E-state index is 13.1. The van der Waals surface area contributed by atoms with Gasteiger partial charge < -0.3 is 0 Å². The van der Waals surface area contributed by atoms with Gasteiger partial charge in [-0.1, -0.05) is 56.2 Å². The number of benzene rings is 2. The molecule has 2 heterocycles. The van der Waals surface area contributed by atoms with Crippen molar-refractivity contribution in [3.8, 4) is 0 Å². The molecule has 0 aromatic heterocycles. The second kappa shape index (κ2) is 6.92. The van der Waals surface area contributed by atoms with Crippen LogP contribution in [0.1, 0.15) is 26.2 Å². The van der Waals surface area contributed by atoms with Crippen molar-refractivity contribution in [1.82, 2.24) is 0 Å². The van der Waals surface area contributed by atoms with Gasteiger partial charge in [0, 0.05) is 0 Å². The minimum absolute atomic E-state index is 0.132. The third-order valence-electron chi connectivity index (χ3n) is 5.12. The lowest BCUT2D eigenvalue weighted by molar-refractivity contribution is -0.126. The van der Waals surface area contributed by atoms with Crippen LogP contribution in [0.25, 0.3) is 0 Å². The second-order valence-electron chi connectivity index (χ2n) is 6.77. The first-order valence-corrected chi connectivity index (χ1v) is 9.16. The van der Waals surface area contributed by atoms with E-state index in [4.69, 9.17) is 4.84 Å². The molecule has 0 saturated carbocycles. The summed E-state index contributed by atoms with van der Waals surface area (Å²) in [4.78, 5) is 33.4. The van der Waals surface area contributed by atoms with Crippen molar-refractivity contribution in [3.63, 3.8) is 0 Å². The van der Waals surface area contributed by atoms with Crippen LogP contribution in [-0.2, 0) is 14.4 Å². The summed E-state index contributed by atoms with van der Waals surface area (Å²) in [6, 6.07) is 18.7. The number of carbonyl (C=O) groups excluding carboxylic acids is 2. The molecule has 0 N–H and O–H groups in total. The van der Waals surface area contributed by atoms with Gasteiger partial charge in [0.1, 0.15) is 0 Å². The molecule has 4 rings (SSSR count). The van der Waals surface area contributed by atoms with Gasteiger partial charge in [0.2, 0.25) is 5.91 Å². The van der Waals surface area contributed by atoms with Gasteiger partial charge in [-0.2, -0.15) is 0 Å². The summed E-state index contributed by atoms with van der Waals surface area (Å²) in [6.45, 7) is 2.12. The molecule has 0 aliphatic carbocycles. The lowest BCUT2D eigenvalue weighted by Gasteiger charge is -2.28. The first-order valence-electron chi connectivity index (χ1n) is 9.16. The van der Waals surface area contributed by atoms with E-state index in [0.717, 1.165) is 24.9 Å². The fourth-order valence-corrected chi connectivity index (χ4v) is 3.86. The van der Waals surface area contributed by atoms with E-state index in [-0.39, 0.29) is 17.9 Å². The third-order valence-corrected chi connectivity index (χ3v) is 5.12. The van der Waals surface area contributed by atoms with Gasteiger partial charge in [0.25, 0.3) is 5.91 Å². The molecular weight excluding hydrogens is 328 g/mol. The van der Waals surface area contributed by atoms with Crippen molar-refractivity contribution in [2.24, 2.45) is 5.92 Å². The van der Waals surface area contributed by atoms with E-state index in [1.165, 1.54) is 4.90 Å². The van der Waals surface area contributed by atoms with Crippen molar-refractivity contribution in [3.05, 3.63) is 60.7 Å². The van der Waals surface area contributed by atoms with E-state index >= 15 is 0 Å². The van der Waals surface area contributed by atoms with Crippen molar-refractivity contribution in [2.75, 3.05) is 9.96 Å². The zero-order valence-corrected chi connectivity index (χ0v) is 14.7. The molecule has 0 bridgehead atoms. The number of fused-ring (bicyclic) bond motifs is 1. The number of amides is 2. The van der Waals surface area contributed by atoms with Gasteiger partial charge in [-0.3, -0.25) is 14.4 Å². The Labute approximate surface area is 153 Å². The molecule has 0 unspecified atom stereocenters. The number of imide groups is 1. The molecule has 0 spiro atoms. The van der Waals surface area contributed by atoms with Crippen molar-refractivity contribution < 1.29 is 14.4 Å². The highest BCUT2D eigenvalue weighted by molar-refractivity contribution is 6.23. The summed E-state index contributed by atoms with van der Waals surface area (Å²) in [7, 11) is 0. The minimum atomic E-state index is -0.746. The zero-order valence-electron chi connectivity index (χ0n) is 14.7. The number of hydrogen-bond acceptors (Lipinski definition) is 4. The fourth-order valence-electron chi connectivity index (χ4n) is 3.86. The lowest BCUT2D eigenvalue weighted by atomic mass is 9.92. The first-order chi connectivity index (χ1) is 12.7. The summed E-state index contributed by atoms with van der Waals surface area (Å²) in [5, 5.41) is 1.78. The van der Waals surface area contributed by atoms with E-state index in [2.05, 4.69) is 6.92 Å². The van der Waals surface area contributed by atoms with Crippen LogP contribution >= 0.6 is 0 Å². The predicted molar refractivity (Wildman–Crippen MR) is 99.5 cm³/mol. The van der Waals surface area contributed by atoms with Gasteiger partial charge in [-0.15, -0.1) is 0 Å². The average molecular weight is 350 g/mol. The van der Waals surface area contributed by atoms with E-state index in [1.54, 1.807) is 17.2 Å². The molecule has 0 radical (unpaired) electrons. The molecule has 2 amide bonds. The zero-order chi connectivity index (χ0) is 18.1. The van der Waals surface area contributed by atoms with Crippen LogP contribution in [0, 0.1) is 5.92 Å². The van der Waals surface area contributed by atoms with E-state index in [9.17, 15) is 9.59 Å². The quantitative estimate of drug-likeness (QED) is 0.774. The Morgan fingerprint density at radius 1 is 0.885 bits per heavy atom. The highest BCUT2D eigenvalue weighted by Gasteiger charge is 2.59. The van der Waals surface area contributed by atoms with Gasteiger partial charge in [0.05, 0.1) is 23.3 Å². The number of anilines is 2. The lowest BCUT2D eigenvalue weighted by Crippen LogP contribution is -2.40. The van der Waals surface area contributed by atoms with Crippen LogP contribution in [-0.4, -0.2) is 24.0 Å². The Morgan fingerprint density at radius 2 is 1.50 bits per heavy atom. The van der Waals surface area contributed by atoms with Gasteiger partial charge >= 0.3 is 0 Å². The van der Waals surface area contributed by atoms with Crippen molar-refractivity contribution in [1.29, 1.82) is 0 Å². The molecule has 5 nitrogen and oxygen atoms in total. The predicted octanol–water partition coefficient (Wildman–Crippen LogP) is 3.56. The molecule has 2 aliphatic heterocycles. The Morgan fingerprint density at radius 3 is 2.12 bits per heavy atom. The number of unbranched alkanes of at least 4 members (excludes halogenated alkanes) is 1. The Bertz CT molecular complexity index is 793. The van der Waals surface area contributed by atoms with Gasteiger partial charge in [0.15, 0.2) is 6.10 Å². The number of nitrogens with zero attached hydrogens (tertiary/aromatic N) is 2. The topological polar surface area (TPSA) is 49.9 Å². The molecule has 2 fully saturated rings. The normalized spacial score (nSPS) is 25.0. The molecule has 3 atom stereocenters. The summed E-state index contributed by atoms with van der Waals surface area (Å²) in [6.07, 6.45) is 2.08. The fraction of sp³-hybridized carbons (Fsp3) is 0.333. The van der Waals surface area contributed by atoms with E-state index in [1.807, 2.05) is 48.5 Å². The van der Waals surface area contributed by atoms with Gasteiger partial charge in [-0.05, 0) is 30.7 Å². The van der Waals surface area contributed by atoms with Crippen LogP contribution in [0.2, 0.25) is 0 Å². The summed E-state index contributed by atoms with van der Waals surface area (Å²) >= 11 is 0. The average Bonchev–Trinajstić information content (AvgIpc) is 3.17. The van der Waals surface area contributed by atoms with Crippen molar-refractivity contribution >= 4 is 23.2 Å². The number of carbonyl (C=O) groups is 2. The number of para-hydroxylation sites is 2. The summed E-state index contributed by atoms with van der Waals surface area (Å²) < 4.78 is 0. The SMILES string of the molecule is CCCC[C@H]1[C@H]2C(=O)N(c3ccccc3)C(=O)[C@H]2ON1c1ccccc1. The minimum Gasteiger partial charge on any atom is -0.273 e. The number of hydroxylamine groups is 1. The molecule has 134 valence electrons. The van der Waals surface area contributed by atoms with Crippen LogP contribution in [0.4, 0.5) is 11.4 Å². The first kappa shape index (κ1) is 16.8. The highest BCUT2D eigenvalue weighted by atomic mass is 16.7. The molecule has 2 aromatic rings. The molecule has 5 heteroatoms. The Hall–Kier alpha value is -2.66. The molecular formula is C21H22N2O3. The van der Waals surface area contributed by atoms with Gasteiger partial charge in [-0.25, -0.2) is 9.96 Å². The van der Waals surface area contributed by atoms with Crippen LogP contribution < -0.4 is 9.96 Å². The summed E-state index contributed by atoms with van der Waals surface area (Å²) in [5.74, 6) is -0.897. The maximum Gasteiger partial charge on any atom is 0.266 e. The molecule has 2 aliphatic rings. The van der Waals surface area contributed by atoms with Crippen LogP contribution in [0.15, 0.2) is 60.7 Å². The van der Waals surface area contributed by atoms with Crippen LogP contribution in [0.3, 0.4) is 0 Å². The molecule has 26 heavy (non-hydrogen) atoms. The largest absolute Gasteiger partial charge is 0.273 e. The molecule has 2 aromatic carbocycles. The van der Waals surface area contributed by atoms with Crippen LogP contribution in [0.5, 0.6) is 0 Å². The standard InChI is InChI=1S/C21H22N2O3/c1-2-3-14-17-18-19(26-23(17)16-12-8-5-9-13-16)21(25)22(20(18)24)15-10-6-4-7-11-15/h4-13,17-19H,2-3,14H2,1H3/t17-,18+,19-/m0/s1. The van der Waals surface area contributed by atoms with Crippen molar-refractivity contribution in [2.45, 2.75) is 38.3 Å². The molecule has 2 saturated heterocycles. The third kappa shape index (κ3) is 2.69. The second-order valence-corrected chi connectivity index (χ2v) is 6.77.